The highest BCUT2D eigenvalue weighted by atomic mass is 32.2. The van der Waals surface area contributed by atoms with Crippen LogP contribution in [0.15, 0.2) is 48.7 Å². The average Bonchev–Trinajstić information content (AvgIpc) is 2.88. The van der Waals surface area contributed by atoms with Crippen molar-refractivity contribution in [2.24, 2.45) is 0 Å². The van der Waals surface area contributed by atoms with E-state index < -0.39 is 28.8 Å². The topological polar surface area (TPSA) is 120 Å². The number of alkyl halides is 3. The maximum Gasteiger partial charge on any atom is 0.421 e. The van der Waals surface area contributed by atoms with Crippen LogP contribution in [0.4, 0.5) is 36.3 Å². The van der Waals surface area contributed by atoms with Crippen LogP contribution in [0.3, 0.4) is 0 Å². The summed E-state index contributed by atoms with van der Waals surface area (Å²) in [6.45, 7) is 1.84. The minimum Gasteiger partial charge on any atom is -0.495 e. The fraction of sp³-hybridized carbons (Fsp3) is 0.333. The number of methoxy groups -OCH3 is 1. The molecule has 4 rings (SSSR count). The van der Waals surface area contributed by atoms with Gasteiger partial charge in [-0.25, -0.2) is 13.9 Å². The van der Waals surface area contributed by atoms with Gasteiger partial charge in [0.15, 0.2) is 0 Å². The molecule has 9 nitrogen and oxygen atoms in total. The van der Waals surface area contributed by atoms with E-state index in [0.717, 1.165) is 31.5 Å². The van der Waals surface area contributed by atoms with Crippen molar-refractivity contribution in [3.05, 3.63) is 65.4 Å². The van der Waals surface area contributed by atoms with E-state index in [9.17, 15) is 17.4 Å². The smallest absolute Gasteiger partial charge is 0.421 e. The lowest BCUT2D eigenvalue weighted by Gasteiger charge is -2.24. The highest BCUT2D eigenvalue weighted by Crippen LogP contribution is 2.37. The van der Waals surface area contributed by atoms with Crippen molar-refractivity contribution < 1.29 is 26.7 Å². The average molecular weight is 537 g/mol. The van der Waals surface area contributed by atoms with Crippen LogP contribution in [0, 0.1) is 0 Å². The van der Waals surface area contributed by atoms with Crippen LogP contribution in [0.1, 0.15) is 35.4 Å². The third kappa shape index (κ3) is 6.95. The quantitative estimate of drug-likeness (QED) is 0.250. The second kappa shape index (κ2) is 11.9. The first-order chi connectivity index (χ1) is 17.7. The highest BCUT2D eigenvalue weighted by Gasteiger charge is 2.35. The standard InChI is InChI=1S/C24H27F3N6O3S/c1-36-21-12-16(15-8-10-28-11-9-15)6-7-20(21)32-23-29-14-18(24(25,26)27)22(33-23)31-19-5-3-2-4-17(19)13-30-37(34)35/h2-7,12,14-15,28,30H,8-11,13H2,1H3,(H,34,35)(H2,29,31,32,33). The zero-order chi connectivity index (χ0) is 26.4. The van der Waals surface area contributed by atoms with Gasteiger partial charge in [-0.15, -0.1) is 0 Å². The number of halogens is 3. The fourth-order valence-corrected chi connectivity index (χ4v) is 4.43. The Labute approximate surface area is 214 Å². The van der Waals surface area contributed by atoms with Crippen molar-refractivity contribution in [1.29, 1.82) is 0 Å². The minimum absolute atomic E-state index is 0.0512. The van der Waals surface area contributed by atoms with E-state index in [1.807, 2.05) is 12.1 Å². The first kappa shape index (κ1) is 26.8. The minimum atomic E-state index is -4.71. The SMILES string of the molecule is COc1cc(C2CCNCC2)ccc1Nc1ncc(C(F)(F)F)c(Nc2ccccc2CNS(=O)O)n1. The molecule has 1 aromatic heterocycles. The van der Waals surface area contributed by atoms with Gasteiger partial charge < -0.3 is 20.7 Å². The first-order valence-corrected chi connectivity index (χ1v) is 12.6. The van der Waals surface area contributed by atoms with Crippen LogP contribution < -0.4 is 25.4 Å². The molecule has 37 heavy (non-hydrogen) atoms. The number of aromatic nitrogens is 2. The summed E-state index contributed by atoms with van der Waals surface area (Å²) < 4.78 is 69.1. The normalized spacial score (nSPS) is 15.3. The number of ether oxygens (including phenoxy) is 1. The molecular weight excluding hydrogens is 509 g/mol. The molecule has 0 bridgehead atoms. The monoisotopic (exact) mass is 536 g/mol. The van der Waals surface area contributed by atoms with E-state index >= 15 is 0 Å². The molecule has 0 aliphatic carbocycles. The fourth-order valence-electron chi connectivity index (χ4n) is 4.15. The highest BCUT2D eigenvalue weighted by molar-refractivity contribution is 7.77. The summed E-state index contributed by atoms with van der Waals surface area (Å²) >= 11 is -2.28. The van der Waals surface area contributed by atoms with Gasteiger partial charge in [0.2, 0.25) is 17.2 Å². The number of benzene rings is 2. The van der Waals surface area contributed by atoms with E-state index in [0.29, 0.717) is 34.8 Å². The largest absolute Gasteiger partial charge is 0.495 e. The number of anilines is 4. The Hall–Kier alpha value is -3.26. The van der Waals surface area contributed by atoms with Crippen molar-refractivity contribution in [2.75, 3.05) is 30.8 Å². The van der Waals surface area contributed by atoms with Crippen molar-refractivity contribution >= 4 is 34.4 Å². The number of rotatable bonds is 9. The number of para-hydroxylation sites is 1. The van der Waals surface area contributed by atoms with Crippen LogP contribution >= 0.6 is 0 Å². The van der Waals surface area contributed by atoms with Crippen LogP contribution in [-0.4, -0.2) is 38.9 Å². The third-order valence-corrected chi connectivity index (χ3v) is 6.42. The van der Waals surface area contributed by atoms with Crippen molar-refractivity contribution in [2.45, 2.75) is 31.5 Å². The van der Waals surface area contributed by atoms with Gasteiger partial charge >= 0.3 is 6.18 Å². The van der Waals surface area contributed by atoms with Crippen molar-refractivity contribution in [3.63, 3.8) is 0 Å². The second-order valence-electron chi connectivity index (χ2n) is 8.42. The molecule has 198 valence electrons. The molecule has 1 unspecified atom stereocenters. The van der Waals surface area contributed by atoms with Gasteiger partial charge in [0.1, 0.15) is 17.1 Å². The van der Waals surface area contributed by atoms with E-state index in [1.165, 1.54) is 7.11 Å². The Morgan fingerprint density at radius 1 is 1.14 bits per heavy atom. The van der Waals surface area contributed by atoms with Gasteiger partial charge in [-0.05, 0) is 61.2 Å². The first-order valence-electron chi connectivity index (χ1n) is 11.5. The van der Waals surface area contributed by atoms with Gasteiger partial charge in [0, 0.05) is 18.4 Å². The molecule has 1 fully saturated rings. The lowest BCUT2D eigenvalue weighted by atomic mass is 9.90. The van der Waals surface area contributed by atoms with Gasteiger partial charge in [-0.3, -0.25) is 4.55 Å². The molecule has 1 atom stereocenters. The van der Waals surface area contributed by atoms with Crippen LogP contribution in [0.5, 0.6) is 5.75 Å². The summed E-state index contributed by atoms with van der Waals surface area (Å²) in [5.41, 5.74) is 1.36. The number of nitrogens with one attached hydrogen (secondary N) is 4. The zero-order valence-electron chi connectivity index (χ0n) is 19.9. The summed E-state index contributed by atoms with van der Waals surface area (Å²) in [6, 6.07) is 12.2. The lowest BCUT2D eigenvalue weighted by Crippen LogP contribution is -2.26. The van der Waals surface area contributed by atoms with Gasteiger partial charge in [0.25, 0.3) is 0 Å². The molecule has 3 aromatic rings. The lowest BCUT2D eigenvalue weighted by molar-refractivity contribution is -0.137. The molecule has 13 heteroatoms. The summed E-state index contributed by atoms with van der Waals surface area (Å²) in [4.78, 5) is 7.99. The molecule has 2 heterocycles. The number of hydrogen-bond acceptors (Lipinski definition) is 7. The summed E-state index contributed by atoms with van der Waals surface area (Å²) in [6.07, 6.45) is -1.98. The van der Waals surface area contributed by atoms with Crippen LogP contribution in [0.2, 0.25) is 0 Å². The Bertz CT molecular complexity index is 1250. The number of piperidine rings is 1. The maximum absolute atomic E-state index is 13.8. The zero-order valence-corrected chi connectivity index (χ0v) is 20.7. The van der Waals surface area contributed by atoms with E-state index in [1.54, 1.807) is 30.3 Å². The van der Waals surface area contributed by atoms with Crippen LogP contribution in [-0.2, 0) is 24.0 Å². The number of nitrogens with zero attached hydrogens (tertiary/aromatic N) is 2. The van der Waals surface area contributed by atoms with E-state index in [4.69, 9.17) is 9.29 Å². The molecule has 1 aliphatic heterocycles. The Morgan fingerprint density at radius 3 is 2.59 bits per heavy atom. The molecule has 5 N–H and O–H groups in total. The number of hydrogen-bond donors (Lipinski definition) is 5. The molecule has 0 saturated carbocycles. The Kier molecular flexibility index (Phi) is 8.59. The molecule has 1 saturated heterocycles. The molecule has 0 radical (unpaired) electrons. The summed E-state index contributed by atoms with van der Waals surface area (Å²) in [7, 11) is 1.53. The van der Waals surface area contributed by atoms with Gasteiger partial charge in [-0.1, -0.05) is 24.3 Å². The van der Waals surface area contributed by atoms with E-state index in [2.05, 4.69) is 30.6 Å². The molecule has 0 spiro atoms. The Morgan fingerprint density at radius 2 is 1.89 bits per heavy atom. The Balaban J connectivity index is 1.62. The van der Waals surface area contributed by atoms with Crippen molar-refractivity contribution in [1.82, 2.24) is 20.0 Å². The third-order valence-electron chi connectivity index (χ3n) is 6.03. The summed E-state index contributed by atoms with van der Waals surface area (Å²) in [5, 5.41) is 9.01. The van der Waals surface area contributed by atoms with Crippen LogP contribution in [0.25, 0.3) is 0 Å². The van der Waals surface area contributed by atoms with E-state index in [-0.39, 0.29) is 12.5 Å². The molecular formula is C24H27F3N6O3S. The van der Waals surface area contributed by atoms with Crippen molar-refractivity contribution in [3.8, 4) is 5.75 Å². The van der Waals surface area contributed by atoms with Gasteiger partial charge in [0.05, 0.1) is 12.8 Å². The van der Waals surface area contributed by atoms with Gasteiger partial charge in [-0.2, -0.15) is 18.2 Å². The molecule has 1 aliphatic rings. The second-order valence-corrected chi connectivity index (χ2v) is 9.20. The summed E-state index contributed by atoms with van der Waals surface area (Å²) in [5.74, 6) is 0.408. The predicted molar refractivity (Wildman–Crippen MR) is 135 cm³/mol. The maximum atomic E-state index is 13.8. The predicted octanol–water partition coefficient (Wildman–Crippen LogP) is 4.68. The molecule has 0 amide bonds. The molecule has 2 aromatic carbocycles.